The fraction of sp³-hybridized carbons (Fsp3) is 0.600. The van der Waals surface area contributed by atoms with Crippen LogP contribution in [-0.4, -0.2) is 25.8 Å². The first-order chi connectivity index (χ1) is 7.25. The van der Waals surface area contributed by atoms with Crippen molar-refractivity contribution < 1.29 is 4.74 Å². The minimum Gasteiger partial charge on any atom is -0.376 e. The van der Waals surface area contributed by atoms with Gasteiger partial charge in [0.1, 0.15) is 0 Å². The van der Waals surface area contributed by atoms with Crippen LogP contribution in [0.4, 0.5) is 0 Å². The van der Waals surface area contributed by atoms with E-state index in [2.05, 4.69) is 27.3 Å². The lowest BCUT2D eigenvalue weighted by Crippen LogP contribution is -2.39. The van der Waals surface area contributed by atoms with Crippen LogP contribution >= 0.6 is 27.3 Å². The van der Waals surface area contributed by atoms with Gasteiger partial charge < -0.3 is 15.8 Å². The van der Waals surface area contributed by atoms with Gasteiger partial charge in [-0.1, -0.05) is 0 Å². The molecule has 2 rings (SSSR count). The van der Waals surface area contributed by atoms with E-state index >= 15 is 0 Å². The van der Waals surface area contributed by atoms with E-state index in [4.69, 9.17) is 10.5 Å². The molecule has 0 aromatic carbocycles. The predicted molar refractivity (Wildman–Crippen MR) is 66.2 cm³/mol. The van der Waals surface area contributed by atoms with Crippen LogP contribution in [0.3, 0.4) is 0 Å². The predicted octanol–water partition coefficient (Wildman–Crippen LogP) is 1.89. The highest BCUT2D eigenvalue weighted by molar-refractivity contribution is 9.11. The Hall–Kier alpha value is 0.0600. The summed E-state index contributed by atoms with van der Waals surface area (Å²) in [6.45, 7) is 2.67. The number of thiophene rings is 1. The Balaban J connectivity index is 1.88. The Morgan fingerprint density at radius 2 is 2.53 bits per heavy atom. The van der Waals surface area contributed by atoms with Crippen molar-refractivity contribution in [3.05, 3.63) is 20.8 Å². The number of halogens is 1. The summed E-state index contributed by atoms with van der Waals surface area (Å²) < 4.78 is 6.76. The number of rotatable bonds is 3. The molecule has 1 aliphatic rings. The van der Waals surface area contributed by atoms with Crippen molar-refractivity contribution in [1.29, 1.82) is 0 Å². The van der Waals surface area contributed by atoms with Crippen LogP contribution in [-0.2, 0) is 4.74 Å². The molecule has 2 heterocycles. The lowest BCUT2D eigenvalue weighted by molar-refractivity contribution is 0.0197. The summed E-state index contributed by atoms with van der Waals surface area (Å²) in [7, 11) is 0. The fourth-order valence-corrected chi connectivity index (χ4v) is 3.14. The van der Waals surface area contributed by atoms with Gasteiger partial charge in [-0.25, -0.2) is 0 Å². The summed E-state index contributed by atoms with van der Waals surface area (Å²) in [6.07, 6.45) is 1.15. The molecule has 0 spiro atoms. The molecule has 0 bridgehead atoms. The molecule has 0 aliphatic carbocycles. The molecule has 1 aromatic rings. The van der Waals surface area contributed by atoms with Crippen molar-refractivity contribution in [2.45, 2.75) is 18.6 Å². The molecular weight excluding hydrogens is 276 g/mol. The van der Waals surface area contributed by atoms with Gasteiger partial charge in [0.25, 0.3) is 0 Å². The second-order valence-corrected chi connectivity index (χ2v) is 6.18. The van der Waals surface area contributed by atoms with Gasteiger partial charge in [-0.05, 0) is 34.5 Å². The van der Waals surface area contributed by atoms with E-state index in [0.717, 1.165) is 29.9 Å². The van der Waals surface area contributed by atoms with Gasteiger partial charge in [-0.3, -0.25) is 0 Å². The first-order valence-corrected chi connectivity index (χ1v) is 6.70. The third-order valence-corrected chi connectivity index (χ3v) is 4.24. The third kappa shape index (κ3) is 3.26. The number of nitrogens with two attached hydrogens (primary N) is 1. The Morgan fingerprint density at radius 1 is 1.67 bits per heavy atom. The number of ether oxygens (including phenoxy) is 1. The van der Waals surface area contributed by atoms with Crippen molar-refractivity contribution in [2.75, 3.05) is 19.7 Å². The Kier molecular flexibility index (Phi) is 4.16. The molecule has 15 heavy (non-hydrogen) atoms. The highest BCUT2D eigenvalue weighted by atomic mass is 79.9. The molecule has 1 saturated heterocycles. The largest absolute Gasteiger partial charge is 0.376 e. The zero-order valence-electron chi connectivity index (χ0n) is 8.41. The van der Waals surface area contributed by atoms with Gasteiger partial charge in [-0.2, -0.15) is 0 Å². The van der Waals surface area contributed by atoms with Crippen LogP contribution in [0.15, 0.2) is 15.9 Å². The third-order valence-electron chi connectivity index (χ3n) is 2.48. The summed E-state index contributed by atoms with van der Waals surface area (Å²) in [4.78, 5) is 1.22. The van der Waals surface area contributed by atoms with Crippen molar-refractivity contribution in [1.82, 2.24) is 5.32 Å². The van der Waals surface area contributed by atoms with E-state index in [1.807, 2.05) is 6.07 Å². The quantitative estimate of drug-likeness (QED) is 0.894. The maximum Gasteiger partial charge on any atom is 0.0718 e. The van der Waals surface area contributed by atoms with Crippen LogP contribution in [0.1, 0.15) is 17.3 Å². The zero-order chi connectivity index (χ0) is 10.7. The van der Waals surface area contributed by atoms with Gasteiger partial charge in [-0.15, -0.1) is 11.3 Å². The standard InChI is InChI=1S/C10H15BrN2OS/c11-10-2-1-9(15-10)8(12)5-7-6-13-3-4-14-7/h1-2,7-8,13H,3-6,12H2. The molecule has 1 fully saturated rings. The Labute approximate surface area is 102 Å². The van der Waals surface area contributed by atoms with E-state index in [1.54, 1.807) is 11.3 Å². The van der Waals surface area contributed by atoms with Crippen molar-refractivity contribution in [3.8, 4) is 0 Å². The van der Waals surface area contributed by atoms with Gasteiger partial charge >= 0.3 is 0 Å². The number of hydrogen-bond donors (Lipinski definition) is 2. The van der Waals surface area contributed by atoms with E-state index in [9.17, 15) is 0 Å². The van der Waals surface area contributed by atoms with Crippen molar-refractivity contribution in [2.24, 2.45) is 5.73 Å². The molecule has 0 saturated carbocycles. The summed E-state index contributed by atoms with van der Waals surface area (Å²) in [5, 5.41) is 3.31. The topological polar surface area (TPSA) is 47.3 Å². The zero-order valence-corrected chi connectivity index (χ0v) is 10.8. The summed E-state index contributed by atoms with van der Waals surface area (Å²) in [6, 6.07) is 4.21. The van der Waals surface area contributed by atoms with Crippen LogP contribution in [0.25, 0.3) is 0 Å². The van der Waals surface area contributed by atoms with E-state index in [1.165, 1.54) is 4.88 Å². The maximum absolute atomic E-state index is 6.12. The monoisotopic (exact) mass is 290 g/mol. The molecule has 5 heteroatoms. The molecule has 3 N–H and O–H groups in total. The second-order valence-electron chi connectivity index (χ2n) is 3.68. The molecule has 84 valence electrons. The van der Waals surface area contributed by atoms with Gasteiger partial charge in [0, 0.05) is 24.0 Å². The van der Waals surface area contributed by atoms with E-state index in [0.29, 0.717) is 0 Å². The maximum atomic E-state index is 6.12. The van der Waals surface area contributed by atoms with Gasteiger partial charge in [0.2, 0.25) is 0 Å². The highest BCUT2D eigenvalue weighted by Gasteiger charge is 2.18. The lowest BCUT2D eigenvalue weighted by atomic mass is 10.1. The molecule has 2 unspecified atom stereocenters. The summed E-state index contributed by atoms with van der Waals surface area (Å²) in [5.41, 5.74) is 6.12. The van der Waals surface area contributed by atoms with Gasteiger partial charge in [0.15, 0.2) is 0 Å². The average molecular weight is 291 g/mol. The Bertz CT molecular complexity index is 312. The molecule has 2 atom stereocenters. The minimum absolute atomic E-state index is 0.0891. The van der Waals surface area contributed by atoms with Crippen LogP contribution < -0.4 is 11.1 Å². The first-order valence-electron chi connectivity index (χ1n) is 5.09. The average Bonchev–Trinajstić information content (AvgIpc) is 2.66. The molecular formula is C10H15BrN2OS. The smallest absolute Gasteiger partial charge is 0.0718 e. The molecule has 1 aromatic heterocycles. The minimum atomic E-state index is 0.0891. The first kappa shape index (κ1) is 11.5. The molecule has 1 aliphatic heterocycles. The van der Waals surface area contributed by atoms with E-state index in [-0.39, 0.29) is 12.1 Å². The van der Waals surface area contributed by atoms with Gasteiger partial charge in [0.05, 0.1) is 16.5 Å². The normalized spacial score (nSPS) is 24.0. The number of morpholine rings is 1. The molecule has 3 nitrogen and oxygen atoms in total. The Morgan fingerprint density at radius 3 is 3.13 bits per heavy atom. The molecule has 0 amide bonds. The second kappa shape index (κ2) is 5.41. The van der Waals surface area contributed by atoms with Crippen LogP contribution in [0.2, 0.25) is 0 Å². The van der Waals surface area contributed by atoms with Crippen molar-refractivity contribution in [3.63, 3.8) is 0 Å². The number of hydrogen-bond acceptors (Lipinski definition) is 4. The molecule has 0 radical (unpaired) electrons. The number of nitrogens with one attached hydrogen (secondary N) is 1. The van der Waals surface area contributed by atoms with Crippen LogP contribution in [0, 0.1) is 0 Å². The summed E-state index contributed by atoms with van der Waals surface area (Å²) >= 11 is 5.15. The highest BCUT2D eigenvalue weighted by Crippen LogP contribution is 2.28. The fourth-order valence-electron chi connectivity index (χ4n) is 1.70. The summed E-state index contributed by atoms with van der Waals surface area (Å²) in [5.74, 6) is 0. The SMILES string of the molecule is NC(CC1CNCCO1)c1ccc(Br)s1. The lowest BCUT2D eigenvalue weighted by Gasteiger charge is -2.25. The van der Waals surface area contributed by atoms with Crippen molar-refractivity contribution >= 4 is 27.3 Å². The van der Waals surface area contributed by atoms with Crippen LogP contribution in [0.5, 0.6) is 0 Å². The van der Waals surface area contributed by atoms with E-state index < -0.39 is 0 Å².